The van der Waals surface area contributed by atoms with Crippen LogP contribution in [0.1, 0.15) is 16.8 Å². The predicted molar refractivity (Wildman–Crippen MR) is 67.9 cm³/mol. The number of nitrogen functional groups attached to an aromatic ring is 1. The smallest absolute Gasteiger partial charge is 0.341 e. The first-order valence-corrected chi connectivity index (χ1v) is 5.84. The number of halogens is 1. The molecule has 0 amide bonds. The van der Waals surface area contributed by atoms with Crippen molar-refractivity contribution in [2.45, 2.75) is 13.0 Å². The molecule has 0 unspecified atom stereocenters. The Balaban J connectivity index is 1.82. The monoisotopic (exact) mass is 263 g/mol. The van der Waals surface area contributed by atoms with Crippen LogP contribution in [0.3, 0.4) is 0 Å². The molecule has 1 heterocycles. The molecular formula is C13H14FN3O2. The van der Waals surface area contributed by atoms with Crippen molar-refractivity contribution in [2.75, 3.05) is 12.3 Å². The van der Waals surface area contributed by atoms with E-state index >= 15 is 0 Å². The number of aryl methyl sites for hydroxylation is 1. The van der Waals surface area contributed by atoms with Crippen molar-refractivity contribution >= 4 is 11.7 Å². The number of carbonyl (C=O) groups excluding carboxylic acids is 1. The van der Waals surface area contributed by atoms with E-state index in [1.165, 1.54) is 12.1 Å². The van der Waals surface area contributed by atoms with Crippen LogP contribution < -0.4 is 5.73 Å². The number of nitrogens with two attached hydrogens (primary N) is 1. The average Bonchev–Trinajstić information content (AvgIpc) is 2.90. The van der Waals surface area contributed by atoms with Crippen LogP contribution in [0.2, 0.25) is 0 Å². The Hall–Kier alpha value is -2.37. The molecule has 0 saturated heterocycles. The molecule has 0 fully saturated rings. The average molecular weight is 263 g/mol. The molecule has 5 nitrogen and oxygen atoms in total. The van der Waals surface area contributed by atoms with Crippen LogP contribution in [0.25, 0.3) is 0 Å². The normalized spacial score (nSPS) is 10.4. The maximum atomic E-state index is 13.4. The van der Waals surface area contributed by atoms with Crippen LogP contribution in [-0.4, -0.2) is 22.1 Å². The third-order valence-electron chi connectivity index (χ3n) is 2.56. The number of esters is 1. The van der Waals surface area contributed by atoms with E-state index in [0.29, 0.717) is 18.7 Å². The summed E-state index contributed by atoms with van der Waals surface area (Å²) in [5.74, 6) is -1.33. The summed E-state index contributed by atoms with van der Waals surface area (Å²) in [4.78, 5) is 15.5. The van der Waals surface area contributed by atoms with Crippen LogP contribution in [-0.2, 0) is 11.3 Å². The number of benzene rings is 1. The van der Waals surface area contributed by atoms with Crippen LogP contribution in [0.15, 0.2) is 36.9 Å². The standard InChI is InChI=1S/C13H14FN3O2/c14-12-3-2-10(15)8-11(12)13(18)19-7-1-5-17-6-4-16-9-17/h2-4,6,8-9H,1,5,7,15H2. The first-order chi connectivity index (χ1) is 9.16. The van der Waals surface area contributed by atoms with E-state index in [-0.39, 0.29) is 12.2 Å². The Kier molecular flexibility index (Phi) is 4.12. The third kappa shape index (κ3) is 3.54. The molecule has 2 rings (SSSR count). The second-order valence-electron chi connectivity index (χ2n) is 4.03. The fourth-order valence-electron chi connectivity index (χ4n) is 1.61. The molecule has 0 spiro atoms. The summed E-state index contributed by atoms with van der Waals surface area (Å²) in [5.41, 5.74) is 5.69. The Labute approximate surface area is 109 Å². The minimum atomic E-state index is -0.699. The molecule has 0 saturated carbocycles. The lowest BCUT2D eigenvalue weighted by Gasteiger charge is -2.06. The van der Waals surface area contributed by atoms with Crippen LogP contribution >= 0.6 is 0 Å². The first kappa shape index (κ1) is 13.1. The highest BCUT2D eigenvalue weighted by Crippen LogP contribution is 2.13. The van der Waals surface area contributed by atoms with Gasteiger partial charge in [0.05, 0.1) is 18.5 Å². The van der Waals surface area contributed by atoms with Crippen molar-refractivity contribution in [3.05, 3.63) is 48.3 Å². The van der Waals surface area contributed by atoms with E-state index in [1.807, 2.05) is 10.8 Å². The number of rotatable bonds is 5. The van der Waals surface area contributed by atoms with Gasteiger partial charge >= 0.3 is 5.97 Å². The van der Waals surface area contributed by atoms with Gasteiger partial charge in [0.1, 0.15) is 5.82 Å². The molecule has 0 aliphatic carbocycles. The molecule has 2 aromatic rings. The van der Waals surface area contributed by atoms with E-state index in [2.05, 4.69) is 4.98 Å². The molecule has 1 aromatic heterocycles. The number of anilines is 1. The first-order valence-electron chi connectivity index (χ1n) is 5.84. The largest absolute Gasteiger partial charge is 0.462 e. The maximum Gasteiger partial charge on any atom is 0.341 e. The topological polar surface area (TPSA) is 70.1 Å². The molecule has 0 aliphatic heterocycles. The van der Waals surface area contributed by atoms with Gasteiger partial charge in [-0.1, -0.05) is 0 Å². The summed E-state index contributed by atoms with van der Waals surface area (Å²) >= 11 is 0. The fraction of sp³-hybridized carbons (Fsp3) is 0.231. The van der Waals surface area contributed by atoms with Crippen molar-refractivity contribution in [2.24, 2.45) is 0 Å². The second-order valence-corrected chi connectivity index (χ2v) is 4.03. The zero-order valence-electron chi connectivity index (χ0n) is 10.3. The van der Waals surface area contributed by atoms with Crippen molar-refractivity contribution in [1.82, 2.24) is 9.55 Å². The molecule has 0 aliphatic rings. The molecule has 0 atom stereocenters. The quantitative estimate of drug-likeness (QED) is 0.507. The van der Waals surface area contributed by atoms with Gasteiger partial charge in [-0.15, -0.1) is 0 Å². The van der Waals surface area contributed by atoms with Gasteiger partial charge < -0.3 is 15.0 Å². The Bertz CT molecular complexity index is 555. The van der Waals surface area contributed by atoms with Gasteiger partial charge in [-0.05, 0) is 24.6 Å². The molecule has 1 aromatic carbocycles. The molecule has 100 valence electrons. The highest BCUT2D eigenvalue weighted by molar-refractivity contribution is 5.90. The zero-order chi connectivity index (χ0) is 13.7. The highest BCUT2D eigenvalue weighted by atomic mass is 19.1. The van der Waals surface area contributed by atoms with E-state index in [9.17, 15) is 9.18 Å². The summed E-state index contributed by atoms with van der Waals surface area (Å²) in [6.45, 7) is 0.901. The lowest BCUT2D eigenvalue weighted by Crippen LogP contribution is -2.10. The number of nitrogens with zero attached hydrogens (tertiary/aromatic N) is 2. The van der Waals surface area contributed by atoms with Gasteiger partial charge in [-0.2, -0.15) is 0 Å². The van der Waals surface area contributed by atoms with Crippen LogP contribution in [0.4, 0.5) is 10.1 Å². The Morgan fingerprint density at radius 2 is 2.32 bits per heavy atom. The van der Waals surface area contributed by atoms with Crippen LogP contribution in [0, 0.1) is 5.82 Å². The Morgan fingerprint density at radius 3 is 3.05 bits per heavy atom. The van der Waals surface area contributed by atoms with Gasteiger partial charge in [-0.3, -0.25) is 0 Å². The van der Waals surface area contributed by atoms with Gasteiger partial charge in [0, 0.05) is 24.6 Å². The molecule has 0 bridgehead atoms. The van der Waals surface area contributed by atoms with E-state index < -0.39 is 11.8 Å². The lowest BCUT2D eigenvalue weighted by molar-refractivity contribution is 0.0490. The van der Waals surface area contributed by atoms with Crippen LogP contribution in [0.5, 0.6) is 0 Å². The van der Waals surface area contributed by atoms with Gasteiger partial charge in [-0.25, -0.2) is 14.2 Å². The van der Waals surface area contributed by atoms with Crippen molar-refractivity contribution in [1.29, 1.82) is 0 Å². The predicted octanol–water partition coefficient (Wildman–Crippen LogP) is 1.85. The lowest BCUT2D eigenvalue weighted by atomic mass is 10.2. The van der Waals surface area contributed by atoms with Gasteiger partial charge in [0.2, 0.25) is 0 Å². The third-order valence-corrected chi connectivity index (χ3v) is 2.56. The van der Waals surface area contributed by atoms with Gasteiger partial charge in [0.25, 0.3) is 0 Å². The summed E-state index contributed by atoms with van der Waals surface area (Å²) in [7, 11) is 0. The maximum absolute atomic E-state index is 13.4. The number of hydrogen-bond acceptors (Lipinski definition) is 4. The highest BCUT2D eigenvalue weighted by Gasteiger charge is 2.13. The van der Waals surface area contributed by atoms with E-state index in [1.54, 1.807) is 12.5 Å². The SMILES string of the molecule is Nc1ccc(F)c(C(=O)OCCCn2ccnc2)c1. The van der Waals surface area contributed by atoms with Gasteiger partial charge in [0.15, 0.2) is 0 Å². The molecule has 2 N–H and O–H groups in total. The molecular weight excluding hydrogens is 249 g/mol. The number of carbonyl (C=O) groups is 1. The summed E-state index contributed by atoms with van der Waals surface area (Å²) in [6, 6.07) is 3.82. The summed E-state index contributed by atoms with van der Waals surface area (Å²) < 4.78 is 20.2. The molecule has 19 heavy (non-hydrogen) atoms. The molecule has 6 heteroatoms. The number of hydrogen-bond donors (Lipinski definition) is 1. The summed E-state index contributed by atoms with van der Waals surface area (Å²) in [5, 5.41) is 0. The van der Waals surface area contributed by atoms with E-state index in [4.69, 9.17) is 10.5 Å². The minimum absolute atomic E-state index is 0.136. The Morgan fingerprint density at radius 1 is 1.47 bits per heavy atom. The number of ether oxygens (including phenoxy) is 1. The summed E-state index contributed by atoms with van der Waals surface area (Å²) in [6.07, 6.45) is 5.80. The fourth-order valence-corrected chi connectivity index (χ4v) is 1.61. The second kappa shape index (κ2) is 5.99. The number of imidazole rings is 1. The zero-order valence-corrected chi connectivity index (χ0v) is 10.3. The van der Waals surface area contributed by atoms with Crippen molar-refractivity contribution in [3.8, 4) is 0 Å². The van der Waals surface area contributed by atoms with Crippen molar-refractivity contribution < 1.29 is 13.9 Å². The minimum Gasteiger partial charge on any atom is -0.462 e. The van der Waals surface area contributed by atoms with E-state index in [0.717, 1.165) is 6.07 Å². The number of aromatic nitrogens is 2. The molecule has 0 radical (unpaired) electrons. The van der Waals surface area contributed by atoms with Crippen molar-refractivity contribution in [3.63, 3.8) is 0 Å².